The lowest BCUT2D eigenvalue weighted by Gasteiger charge is -2.47. The van der Waals surface area contributed by atoms with E-state index in [0.717, 1.165) is 13.1 Å². The molecule has 0 bridgehead atoms. The number of piperidine rings is 1. The first-order valence-electron chi connectivity index (χ1n) is 6.87. The molecular formula is C13H25N3O. The smallest absolute Gasteiger partial charge is 0.224 e. The molecule has 0 aromatic rings. The maximum absolute atomic E-state index is 12.1. The Balaban J connectivity index is 1.96. The quantitative estimate of drug-likeness (QED) is 0.776. The summed E-state index contributed by atoms with van der Waals surface area (Å²) in [5.41, 5.74) is 5.72. The van der Waals surface area contributed by atoms with Crippen molar-refractivity contribution in [3.05, 3.63) is 0 Å². The lowest BCUT2D eigenvalue weighted by Crippen LogP contribution is -2.60. The zero-order valence-corrected chi connectivity index (χ0v) is 11.1. The van der Waals surface area contributed by atoms with Gasteiger partial charge >= 0.3 is 0 Å². The Morgan fingerprint density at radius 2 is 2.18 bits per heavy atom. The number of carbonyl (C=O) groups is 1. The topological polar surface area (TPSA) is 49.6 Å². The molecule has 2 saturated heterocycles. The third kappa shape index (κ3) is 2.99. The van der Waals surface area contributed by atoms with Crippen molar-refractivity contribution in [3.8, 4) is 0 Å². The van der Waals surface area contributed by atoms with Gasteiger partial charge in [-0.3, -0.25) is 9.69 Å². The molecule has 0 aliphatic carbocycles. The predicted molar refractivity (Wildman–Crippen MR) is 68.7 cm³/mol. The van der Waals surface area contributed by atoms with Crippen LogP contribution in [0.2, 0.25) is 0 Å². The normalized spacial score (nSPS) is 32.1. The summed E-state index contributed by atoms with van der Waals surface area (Å²) < 4.78 is 0. The molecule has 2 aliphatic heterocycles. The monoisotopic (exact) mass is 239 g/mol. The molecule has 98 valence electrons. The number of carbonyl (C=O) groups excluding carboxylic acids is 1. The molecular weight excluding hydrogens is 214 g/mol. The predicted octanol–water partition coefficient (Wildman–Crippen LogP) is 0.809. The molecule has 0 aromatic carbocycles. The van der Waals surface area contributed by atoms with Crippen LogP contribution in [0.4, 0.5) is 0 Å². The van der Waals surface area contributed by atoms with Gasteiger partial charge in [-0.2, -0.15) is 0 Å². The van der Waals surface area contributed by atoms with Crippen molar-refractivity contribution in [3.63, 3.8) is 0 Å². The van der Waals surface area contributed by atoms with Gasteiger partial charge in [0.15, 0.2) is 0 Å². The van der Waals surface area contributed by atoms with Crippen LogP contribution >= 0.6 is 0 Å². The molecule has 0 radical (unpaired) electrons. The van der Waals surface area contributed by atoms with Crippen LogP contribution in [-0.2, 0) is 4.79 Å². The minimum absolute atomic E-state index is 0.0286. The summed E-state index contributed by atoms with van der Waals surface area (Å²) in [7, 11) is 0. The fourth-order valence-corrected chi connectivity index (χ4v) is 3.09. The molecule has 0 saturated carbocycles. The van der Waals surface area contributed by atoms with E-state index in [-0.39, 0.29) is 11.9 Å². The van der Waals surface area contributed by atoms with Crippen LogP contribution in [0.15, 0.2) is 0 Å². The summed E-state index contributed by atoms with van der Waals surface area (Å²) in [6.45, 7) is 7.22. The van der Waals surface area contributed by atoms with Gasteiger partial charge in [0, 0.05) is 37.6 Å². The number of rotatable bonds is 2. The van der Waals surface area contributed by atoms with Crippen LogP contribution in [0, 0.1) is 0 Å². The molecule has 1 amide bonds. The van der Waals surface area contributed by atoms with E-state index < -0.39 is 0 Å². The molecule has 4 heteroatoms. The highest BCUT2D eigenvalue weighted by atomic mass is 16.2. The molecule has 4 nitrogen and oxygen atoms in total. The highest BCUT2D eigenvalue weighted by Crippen LogP contribution is 2.24. The first-order valence-corrected chi connectivity index (χ1v) is 6.87. The first-order chi connectivity index (χ1) is 8.08. The summed E-state index contributed by atoms with van der Waals surface area (Å²) >= 11 is 0. The lowest BCUT2D eigenvalue weighted by atomic mass is 9.96. The van der Waals surface area contributed by atoms with Gasteiger partial charge in [0.2, 0.25) is 5.91 Å². The van der Waals surface area contributed by atoms with E-state index >= 15 is 0 Å². The highest BCUT2D eigenvalue weighted by molar-refractivity contribution is 5.77. The van der Waals surface area contributed by atoms with E-state index in [2.05, 4.69) is 16.7 Å². The number of hydrogen-bond acceptors (Lipinski definition) is 3. The highest BCUT2D eigenvalue weighted by Gasteiger charge is 2.34. The second kappa shape index (κ2) is 5.36. The van der Waals surface area contributed by atoms with Gasteiger partial charge in [-0.15, -0.1) is 0 Å². The zero-order valence-electron chi connectivity index (χ0n) is 11.1. The molecule has 2 rings (SSSR count). The minimum Gasteiger partial charge on any atom is -0.337 e. The number of amides is 1. The fraction of sp³-hybridized carbons (Fsp3) is 0.923. The Hall–Kier alpha value is -0.610. The van der Waals surface area contributed by atoms with E-state index in [0.29, 0.717) is 18.5 Å². The molecule has 2 heterocycles. The molecule has 2 aliphatic rings. The second-order valence-corrected chi connectivity index (χ2v) is 5.72. The average Bonchev–Trinajstić information content (AvgIpc) is 2.27. The average molecular weight is 239 g/mol. The molecule has 2 N–H and O–H groups in total. The number of hydrogen-bond donors (Lipinski definition) is 1. The van der Waals surface area contributed by atoms with E-state index in [1.54, 1.807) is 0 Å². The van der Waals surface area contributed by atoms with Crippen molar-refractivity contribution in [2.75, 3.05) is 19.6 Å². The van der Waals surface area contributed by atoms with Gasteiger partial charge in [-0.25, -0.2) is 0 Å². The van der Waals surface area contributed by atoms with Gasteiger partial charge < -0.3 is 10.6 Å². The zero-order chi connectivity index (χ0) is 12.4. The van der Waals surface area contributed by atoms with Crippen molar-refractivity contribution >= 4 is 5.91 Å². The minimum atomic E-state index is -0.0286. The summed E-state index contributed by atoms with van der Waals surface area (Å²) in [5.74, 6) is 0.234. The second-order valence-electron chi connectivity index (χ2n) is 5.72. The first kappa shape index (κ1) is 12.8. The Labute approximate surface area is 104 Å². The number of piperazine rings is 1. The van der Waals surface area contributed by atoms with E-state index in [1.807, 2.05) is 6.92 Å². The van der Waals surface area contributed by atoms with Crippen LogP contribution in [0.25, 0.3) is 0 Å². The summed E-state index contributed by atoms with van der Waals surface area (Å²) in [6, 6.07) is 0.909. The van der Waals surface area contributed by atoms with E-state index in [9.17, 15) is 4.79 Å². The van der Waals surface area contributed by atoms with Crippen LogP contribution in [0.1, 0.15) is 39.5 Å². The summed E-state index contributed by atoms with van der Waals surface area (Å²) in [6.07, 6.45) is 4.35. The molecule has 0 spiro atoms. The number of nitrogens with zero attached hydrogens (tertiary/aromatic N) is 2. The van der Waals surface area contributed by atoms with Gasteiger partial charge in [0.1, 0.15) is 0 Å². The Morgan fingerprint density at radius 3 is 2.88 bits per heavy atom. The van der Waals surface area contributed by atoms with Crippen LogP contribution in [0.3, 0.4) is 0 Å². The third-order valence-corrected chi connectivity index (χ3v) is 4.00. The summed E-state index contributed by atoms with van der Waals surface area (Å²) in [4.78, 5) is 16.7. The Kier molecular flexibility index (Phi) is 4.05. The Bertz CT molecular complexity index is 280. The van der Waals surface area contributed by atoms with Gasteiger partial charge in [-0.1, -0.05) is 6.42 Å². The molecule has 0 aromatic heterocycles. The Morgan fingerprint density at radius 1 is 1.41 bits per heavy atom. The maximum atomic E-state index is 12.1. The van der Waals surface area contributed by atoms with Crippen molar-refractivity contribution in [1.29, 1.82) is 0 Å². The third-order valence-electron chi connectivity index (χ3n) is 4.00. The van der Waals surface area contributed by atoms with Crippen molar-refractivity contribution in [2.45, 2.75) is 57.7 Å². The van der Waals surface area contributed by atoms with Crippen LogP contribution in [-0.4, -0.2) is 53.5 Å². The molecule has 3 atom stereocenters. The molecule has 2 fully saturated rings. The van der Waals surface area contributed by atoms with Gasteiger partial charge in [-0.05, 0) is 33.2 Å². The standard InChI is InChI=1S/C13H25N3O/c1-10(14)7-13(17)16-9-12-5-3-4-6-15(12)8-11(16)2/h10-12H,3-9,14H2,1-2H3. The SMILES string of the molecule is CC(N)CC(=O)N1CC2CCCCN2CC1C. The lowest BCUT2D eigenvalue weighted by molar-refractivity contribution is -0.138. The van der Waals surface area contributed by atoms with Crippen molar-refractivity contribution < 1.29 is 4.79 Å². The van der Waals surface area contributed by atoms with Crippen LogP contribution in [0.5, 0.6) is 0 Å². The van der Waals surface area contributed by atoms with E-state index in [1.165, 1.54) is 25.8 Å². The number of nitrogens with two attached hydrogens (primary N) is 1. The summed E-state index contributed by atoms with van der Waals surface area (Å²) in [5, 5.41) is 0. The maximum Gasteiger partial charge on any atom is 0.224 e. The number of fused-ring (bicyclic) bond motifs is 1. The molecule has 3 unspecified atom stereocenters. The van der Waals surface area contributed by atoms with Crippen molar-refractivity contribution in [2.24, 2.45) is 5.73 Å². The van der Waals surface area contributed by atoms with Crippen molar-refractivity contribution in [1.82, 2.24) is 9.80 Å². The largest absolute Gasteiger partial charge is 0.337 e. The molecule has 17 heavy (non-hydrogen) atoms. The van der Waals surface area contributed by atoms with Gasteiger partial charge in [0.05, 0.1) is 0 Å². The van der Waals surface area contributed by atoms with Crippen LogP contribution < -0.4 is 5.73 Å². The fourth-order valence-electron chi connectivity index (χ4n) is 3.09. The van der Waals surface area contributed by atoms with E-state index in [4.69, 9.17) is 5.73 Å². The van der Waals surface area contributed by atoms with Gasteiger partial charge in [0.25, 0.3) is 0 Å².